The fraction of sp³-hybridized carbons (Fsp3) is 0.409. The second-order valence-corrected chi connectivity index (χ2v) is 8.66. The van der Waals surface area contributed by atoms with E-state index in [1.54, 1.807) is 6.07 Å². The molecule has 0 amide bonds. The number of nitrogens with one attached hydrogen (secondary N) is 3. The van der Waals surface area contributed by atoms with Crippen LogP contribution in [0.3, 0.4) is 0 Å². The molecule has 0 spiro atoms. The minimum Gasteiger partial charge on any atom is -0.487 e. The van der Waals surface area contributed by atoms with Crippen LogP contribution in [-0.4, -0.2) is 29.0 Å². The van der Waals surface area contributed by atoms with Gasteiger partial charge in [-0.1, -0.05) is 42.5 Å². The van der Waals surface area contributed by atoms with E-state index >= 15 is 0 Å². The number of ether oxygens (including phenoxy) is 1. The molecule has 4 rings (SSSR count). The molecule has 1 heterocycles. The zero-order valence-corrected chi connectivity index (χ0v) is 18.7. The standard InChI is InChI=1S/C22H23Cl2F3N4O/c23-15-7-13(25)8-16(24)21(15)31-22-29-17-6-12(10-28-14-4-2-1-3-5-14)19(9-18(17)30-22)32-11-20(26)27/h6-9,14,20,28H,1-5,10-11H2,(H2,29,30,31). The normalized spacial score (nSPS) is 14.9. The number of fused-ring (bicyclic) bond motifs is 1. The maximum absolute atomic E-state index is 13.4. The second-order valence-electron chi connectivity index (χ2n) is 7.85. The number of hydrogen-bond acceptors (Lipinski definition) is 4. The number of halogens is 5. The van der Waals surface area contributed by atoms with Gasteiger partial charge >= 0.3 is 0 Å². The Morgan fingerprint density at radius 1 is 1.09 bits per heavy atom. The first-order chi connectivity index (χ1) is 15.4. The molecule has 0 bridgehead atoms. The number of benzene rings is 2. The molecule has 1 aromatic heterocycles. The third-order valence-electron chi connectivity index (χ3n) is 5.47. The van der Waals surface area contributed by atoms with Crippen molar-refractivity contribution in [2.45, 2.75) is 51.1 Å². The first-order valence-corrected chi connectivity index (χ1v) is 11.2. The van der Waals surface area contributed by atoms with Crippen molar-refractivity contribution in [3.8, 4) is 5.75 Å². The van der Waals surface area contributed by atoms with Gasteiger partial charge in [-0.15, -0.1) is 0 Å². The van der Waals surface area contributed by atoms with Crippen LogP contribution in [0.2, 0.25) is 10.0 Å². The number of anilines is 2. The molecule has 32 heavy (non-hydrogen) atoms. The van der Waals surface area contributed by atoms with E-state index in [1.165, 1.54) is 19.3 Å². The summed E-state index contributed by atoms with van der Waals surface area (Å²) >= 11 is 12.2. The highest BCUT2D eigenvalue weighted by molar-refractivity contribution is 6.39. The average molecular weight is 487 g/mol. The molecule has 3 aromatic rings. The first kappa shape index (κ1) is 23.0. The van der Waals surface area contributed by atoms with Crippen LogP contribution >= 0.6 is 23.2 Å². The summed E-state index contributed by atoms with van der Waals surface area (Å²) in [6.45, 7) is -0.200. The molecule has 1 fully saturated rings. The van der Waals surface area contributed by atoms with Gasteiger partial charge < -0.3 is 20.4 Å². The van der Waals surface area contributed by atoms with Gasteiger partial charge in [-0.2, -0.15) is 0 Å². The Morgan fingerprint density at radius 2 is 1.81 bits per heavy atom. The maximum atomic E-state index is 13.4. The number of H-pyrrole nitrogens is 1. The number of imidazole rings is 1. The summed E-state index contributed by atoms with van der Waals surface area (Å²) in [4.78, 5) is 7.54. The first-order valence-electron chi connectivity index (χ1n) is 10.5. The molecule has 0 aliphatic heterocycles. The smallest absolute Gasteiger partial charge is 0.272 e. The van der Waals surface area contributed by atoms with Gasteiger partial charge in [0.1, 0.15) is 18.2 Å². The molecule has 10 heteroatoms. The van der Waals surface area contributed by atoms with Gasteiger partial charge in [-0.25, -0.2) is 18.2 Å². The molecule has 0 unspecified atom stereocenters. The fourth-order valence-electron chi connectivity index (χ4n) is 3.91. The number of nitrogens with zero attached hydrogens (tertiary/aromatic N) is 1. The van der Waals surface area contributed by atoms with E-state index in [9.17, 15) is 13.2 Å². The van der Waals surface area contributed by atoms with Crippen molar-refractivity contribution >= 4 is 45.9 Å². The lowest BCUT2D eigenvalue weighted by Gasteiger charge is -2.23. The summed E-state index contributed by atoms with van der Waals surface area (Å²) < 4.78 is 44.4. The van der Waals surface area contributed by atoms with Crippen molar-refractivity contribution in [1.29, 1.82) is 0 Å². The van der Waals surface area contributed by atoms with E-state index in [1.807, 2.05) is 6.07 Å². The summed E-state index contributed by atoms with van der Waals surface area (Å²) in [5.74, 6) is 0.135. The zero-order valence-electron chi connectivity index (χ0n) is 17.2. The van der Waals surface area contributed by atoms with E-state index < -0.39 is 18.8 Å². The lowest BCUT2D eigenvalue weighted by Crippen LogP contribution is -2.30. The fourth-order valence-corrected chi connectivity index (χ4v) is 4.46. The van der Waals surface area contributed by atoms with Crippen LogP contribution in [0.4, 0.5) is 24.8 Å². The summed E-state index contributed by atoms with van der Waals surface area (Å²) in [7, 11) is 0. The topological polar surface area (TPSA) is 62.0 Å². The number of alkyl halides is 2. The van der Waals surface area contributed by atoms with Crippen molar-refractivity contribution in [2.75, 3.05) is 11.9 Å². The summed E-state index contributed by atoms with van der Waals surface area (Å²) in [5, 5.41) is 6.68. The van der Waals surface area contributed by atoms with Crippen molar-refractivity contribution < 1.29 is 17.9 Å². The molecule has 3 N–H and O–H groups in total. The Kier molecular flexibility index (Phi) is 7.33. The van der Waals surface area contributed by atoms with Crippen LogP contribution in [0.5, 0.6) is 5.75 Å². The molecular formula is C22H23Cl2F3N4O. The van der Waals surface area contributed by atoms with Crippen LogP contribution in [0.1, 0.15) is 37.7 Å². The van der Waals surface area contributed by atoms with E-state index in [0.29, 0.717) is 41.0 Å². The van der Waals surface area contributed by atoms with Crippen LogP contribution in [0, 0.1) is 5.82 Å². The Hall–Kier alpha value is -2.16. The molecular weight excluding hydrogens is 464 g/mol. The van der Waals surface area contributed by atoms with E-state index in [-0.39, 0.29) is 10.0 Å². The van der Waals surface area contributed by atoms with Crippen LogP contribution in [0.25, 0.3) is 11.0 Å². The summed E-state index contributed by atoms with van der Waals surface area (Å²) in [6, 6.07) is 6.15. The van der Waals surface area contributed by atoms with E-state index in [4.69, 9.17) is 27.9 Å². The predicted octanol–water partition coefficient (Wildman–Crippen LogP) is 6.82. The Labute approximate surface area is 193 Å². The summed E-state index contributed by atoms with van der Waals surface area (Å²) in [5.41, 5.74) is 2.28. The highest BCUT2D eigenvalue weighted by Crippen LogP contribution is 2.34. The van der Waals surface area contributed by atoms with Crippen molar-refractivity contribution in [3.63, 3.8) is 0 Å². The van der Waals surface area contributed by atoms with Gasteiger partial charge in [-0.3, -0.25) is 0 Å². The predicted molar refractivity (Wildman–Crippen MR) is 121 cm³/mol. The van der Waals surface area contributed by atoms with Crippen LogP contribution < -0.4 is 15.4 Å². The third kappa shape index (κ3) is 5.60. The molecule has 0 radical (unpaired) electrons. The van der Waals surface area contributed by atoms with Gasteiger partial charge in [0.15, 0.2) is 0 Å². The second kappa shape index (κ2) is 10.2. The Balaban J connectivity index is 1.59. The van der Waals surface area contributed by atoms with Gasteiger partial charge in [0.2, 0.25) is 5.95 Å². The van der Waals surface area contributed by atoms with Crippen molar-refractivity contribution in [2.24, 2.45) is 0 Å². The quantitative estimate of drug-likeness (QED) is 0.326. The Bertz CT molecular complexity index is 1060. The largest absolute Gasteiger partial charge is 0.487 e. The summed E-state index contributed by atoms with van der Waals surface area (Å²) in [6.07, 6.45) is 3.26. The zero-order chi connectivity index (χ0) is 22.7. The highest BCUT2D eigenvalue weighted by Gasteiger charge is 2.17. The van der Waals surface area contributed by atoms with Crippen molar-refractivity contribution in [1.82, 2.24) is 15.3 Å². The molecule has 5 nitrogen and oxygen atoms in total. The number of hydrogen-bond donors (Lipinski definition) is 3. The van der Waals surface area contributed by atoms with Gasteiger partial charge in [0, 0.05) is 24.2 Å². The lowest BCUT2D eigenvalue weighted by atomic mass is 9.95. The minimum absolute atomic E-state index is 0.105. The molecule has 1 aliphatic carbocycles. The van der Waals surface area contributed by atoms with Gasteiger partial charge in [0.25, 0.3) is 6.43 Å². The molecule has 0 saturated heterocycles. The molecule has 1 aliphatic rings. The third-order valence-corrected chi connectivity index (χ3v) is 6.06. The molecule has 2 aromatic carbocycles. The van der Waals surface area contributed by atoms with Crippen LogP contribution in [-0.2, 0) is 6.54 Å². The van der Waals surface area contributed by atoms with Gasteiger partial charge in [0.05, 0.1) is 26.8 Å². The Morgan fingerprint density at radius 3 is 2.50 bits per heavy atom. The minimum atomic E-state index is -2.58. The van der Waals surface area contributed by atoms with Gasteiger partial charge in [-0.05, 0) is 31.0 Å². The molecule has 172 valence electrons. The van der Waals surface area contributed by atoms with Crippen LogP contribution in [0.15, 0.2) is 24.3 Å². The lowest BCUT2D eigenvalue weighted by molar-refractivity contribution is 0.0814. The average Bonchev–Trinajstić information content (AvgIpc) is 3.15. The van der Waals surface area contributed by atoms with E-state index in [2.05, 4.69) is 20.6 Å². The van der Waals surface area contributed by atoms with E-state index in [0.717, 1.165) is 30.5 Å². The monoisotopic (exact) mass is 486 g/mol. The molecule has 1 saturated carbocycles. The molecule has 0 atom stereocenters. The van der Waals surface area contributed by atoms with Crippen molar-refractivity contribution in [3.05, 3.63) is 45.7 Å². The number of aromatic nitrogens is 2. The number of rotatable bonds is 8. The maximum Gasteiger partial charge on any atom is 0.272 e. The SMILES string of the molecule is Fc1cc(Cl)c(Nc2nc3cc(OCC(F)F)c(CNC4CCCCC4)cc3[nH]2)c(Cl)c1. The highest BCUT2D eigenvalue weighted by atomic mass is 35.5. The number of aromatic amines is 1.